The van der Waals surface area contributed by atoms with Gasteiger partial charge in [-0.3, -0.25) is 9.88 Å². The van der Waals surface area contributed by atoms with Gasteiger partial charge in [-0.2, -0.15) is 9.97 Å². The fraction of sp³-hybridized carbons (Fsp3) is 0.457. The van der Waals surface area contributed by atoms with Gasteiger partial charge >= 0.3 is 6.01 Å². The Hall–Kier alpha value is -4.28. The van der Waals surface area contributed by atoms with E-state index in [2.05, 4.69) is 21.2 Å². The van der Waals surface area contributed by atoms with Crippen LogP contribution in [-0.2, 0) is 0 Å². The van der Waals surface area contributed by atoms with Crippen LogP contribution < -0.4 is 15.0 Å². The van der Waals surface area contributed by atoms with Crippen LogP contribution in [-0.4, -0.2) is 87.5 Å². The number of nitrogens with one attached hydrogen (secondary N) is 1. The minimum Gasteiger partial charge on any atom is -0.508 e. The third-order valence-corrected chi connectivity index (χ3v) is 11.1. The summed E-state index contributed by atoms with van der Waals surface area (Å²) in [6.07, 6.45) is 7.81. The van der Waals surface area contributed by atoms with E-state index in [4.69, 9.17) is 16.1 Å². The lowest BCUT2D eigenvalue weighted by molar-refractivity contribution is 0.0634. The van der Waals surface area contributed by atoms with E-state index >= 15 is 4.39 Å². The van der Waals surface area contributed by atoms with E-state index in [9.17, 15) is 22.7 Å². The molecule has 6 heterocycles. The molecular weight excluding hydrogens is 631 g/mol. The number of nitrogens with zero attached hydrogens (tertiary/aromatic N) is 5. The highest BCUT2D eigenvalue weighted by atomic mass is 19.3. The second kappa shape index (κ2) is 10.1. The highest BCUT2D eigenvalue weighted by molar-refractivity contribution is 6.03. The molecule has 5 aliphatic rings. The van der Waals surface area contributed by atoms with Crippen molar-refractivity contribution in [3.8, 4) is 35.4 Å². The van der Waals surface area contributed by atoms with E-state index in [0.717, 1.165) is 12.8 Å². The standard InChI is InChI=1S/C35H31F5N6O2/c1-2-23-26(37)6-3-18-7-22(47)8-24(27(18)23)29-28(38)30-25(10-41-29)31(45-12-20-4-5-21(13-45)42-20)44-32(43-30)48-17-34-9-19(36)11-46(34)16-33(14-34)15-35(33,39)40/h1,3,6-8,10,19-21,42,47H,4-5,9,11-17H2/t19-,20-,21+,33-,34-/m0/s1. The highest BCUT2D eigenvalue weighted by Gasteiger charge is 2.77. The van der Waals surface area contributed by atoms with E-state index in [1.165, 1.54) is 30.5 Å². The van der Waals surface area contributed by atoms with E-state index in [1.807, 2.05) is 4.90 Å². The molecular formula is C35H31F5N6O2. The largest absolute Gasteiger partial charge is 0.508 e. The number of benzene rings is 2. The molecule has 0 unspecified atom stereocenters. The first-order valence-corrected chi connectivity index (χ1v) is 16.2. The number of pyridine rings is 1. The van der Waals surface area contributed by atoms with Crippen LogP contribution in [0, 0.1) is 29.4 Å². The smallest absolute Gasteiger partial charge is 0.319 e. The molecule has 1 aliphatic carbocycles. The first-order valence-electron chi connectivity index (χ1n) is 16.2. The molecule has 5 atom stereocenters. The van der Waals surface area contributed by atoms with Crippen LogP contribution in [0.1, 0.15) is 37.7 Å². The second-order valence-corrected chi connectivity index (χ2v) is 14.2. The molecule has 13 heteroatoms. The summed E-state index contributed by atoms with van der Waals surface area (Å²) in [5.41, 5.74) is -2.49. The number of anilines is 1. The van der Waals surface area contributed by atoms with Crippen molar-refractivity contribution in [3.05, 3.63) is 47.7 Å². The fourth-order valence-electron chi connectivity index (χ4n) is 8.89. The topological polar surface area (TPSA) is 86.6 Å². The van der Waals surface area contributed by atoms with Crippen LogP contribution in [0.5, 0.6) is 11.8 Å². The number of rotatable bonds is 5. The van der Waals surface area contributed by atoms with Gasteiger partial charge in [-0.25, -0.2) is 22.0 Å². The second-order valence-electron chi connectivity index (χ2n) is 14.2. The molecule has 8 nitrogen and oxygen atoms in total. The van der Waals surface area contributed by atoms with Crippen molar-refractivity contribution >= 4 is 27.5 Å². The van der Waals surface area contributed by atoms with Gasteiger partial charge in [0.05, 0.1) is 21.9 Å². The van der Waals surface area contributed by atoms with Gasteiger partial charge in [0.1, 0.15) is 41.4 Å². The van der Waals surface area contributed by atoms with E-state index in [-0.39, 0.29) is 90.5 Å². The summed E-state index contributed by atoms with van der Waals surface area (Å²) >= 11 is 0. The molecule has 0 amide bonds. The number of fused-ring (bicyclic) bond motifs is 5. The number of phenols is 1. The van der Waals surface area contributed by atoms with Gasteiger partial charge in [-0.15, -0.1) is 6.42 Å². The molecule has 48 heavy (non-hydrogen) atoms. The van der Waals surface area contributed by atoms with E-state index < -0.39 is 34.7 Å². The Morgan fingerprint density at radius 3 is 2.58 bits per heavy atom. The van der Waals surface area contributed by atoms with Gasteiger partial charge in [0.2, 0.25) is 0 Å². The zero-order valence-corrected chi connectivity index (χ0v) is 25.7. The summed E-state index contributed by atoms with van der Waals surface area (Å²) in [4.78, 5) is 17.5. The Morgan fingerprint density at radius 2 is 1.85 bits per heavy atom. The normalized spacial score (nSPS) is 30.3. The van der Waals surface area contributed by atoms with Crippen molar-refractivity contribution in [2.24, 2.45) is 5.41 Å². The molecule has 2 aromatic carbocycles. The van der Waals surface area contributed by atoms with Crippen molar-refractivity contribution in [1.82, 2.24) is 25.2 Å². The van der Waals surface area contributed by atoms with Gasteiger partial charge in [0.15, 0.2) is 5.82 Å². The molecule has 4 aromatic rings. The number of halogens is 5. The Morgan fingerprint density at radius 1 is 1.08 bits per heavy atom. The van der Waals surface area contributed by atoms with Gasteiger partial charge in [0, 0.05) is 68.3 Å². The van der Waals surface area contributed by atoms with Gasteiger partial charge in [0.25, 0.3) is 5.92 Å². The molecule has 0 radical (unpaired) electrons. The third kappa shape index (κ3) is 4.38. The number of aromatic nitrogens is 3. The maximum absolute atomic E-state index is 16.8. The first-order chi connectivity index (χ1) is 23.0. The summed E-state index contributed by atoms with van der Waals surface area (Å²) in [6.45, 7) is 1.22. The Bertz CT molecular complexity index is 2060. The highest BCUT2D eigenvalue weighted by Crippen LogP contribution is 2.69. The van der Waals surface area contributed by atoms with Crippen LogP contribution in [0.25, 0.3) is 32.9 Å². The number of aromatic hydroxyl groups is 1. The minimum atomic E-state index is -2.80. The lowest BCUT2D eigenvalue weighted by atomic mass is 9.88. The average molecular weight is 663 g/mol. The average Bonchev–Trinajstić information content (AvgIpc) is 3.30. The lowest BCUT2D eigenvalue weighted by Crippen LogP contribution is -2.51. The summed E-state index contributed by atoms with van der Waals surface area (Å²) in [5, 5.41) is 15.0. The van der Waals surface area contributed by atoms with Crippen LogP contribution in [0.15, 0.2) is 30.5 Å². The number of ether oxygens (including phenoxy) is 1. The third-order valence-electron chi connectivity index (χ3n) is 11.1. The molecule has 9 rings (SSSR count). The molecule has 4 aliphatic heterocycles. The summed E-state index contributed by atoms with van der Waals surface area (Å²) in [6, 6.07) is 5.56. The molecule has 2 N–H and O–H groups in total. The molecule has 4 saturated heterocycles. The molecule has 1 saturated carbocycles. The van der Waals surface area contributed by atoms with Crippen molar-refractivity contribution in [2.75, 3.05) is 37.7 Å². The van der Waals surface area contributed by atoms with Gasteiger partial charge in [-0.05, 0) is 42.8 Å². The van der Waals surface area contributed by atoms with Crippen LogP contribution in [0.2, 0.25) is 0 Å². The summed E-state index contributed by atoms with van der Waals surface area (Å²) < 4.78 is 81.5. The predicted octanol–water partition coefficient (Wildman–Crippen LogP) is 5.34. The van der Waals surface area contributed by atoms with Crippen molar-refractivity contribution in [1.29, 1.82) is 0 Å². The van der Waals surface area contributed by atoms with Crippen molar-refractivity contribution < 1.29 is 31.8 Å². The molecule has 248 valence electrons. The maximum Gasteiger partial charge on any atom is 0.319 e. The summed E-state index contributed by atoms with van der Waals surface area (Å²) in [7, 11) is 0. The van der Waals surface area contributed by atoms with Gasteiger partial charge < -0.3 is 20.1 Å². The number of alkyl halides is 3. The van der Waals surface area contributed by atoms with Crippen LogP contribution in [0.3, 0.4) is 0 Å². The molecule has 2 bridgehead atoms. The molecule has 1 spiro atoms. The number of terminal acetylenes is 1. The van der Waals surface area contributed by atoms with E-state index in [1.54, 1.807) is 4.90 Å². The monoisotopic (exact) mass is 662 g/mol. The minimum absolute atomic E-state index is 0.0491. The quantitative estimate of drug-likeness (QED) is 0.219. The Kier molecular flexibility index (Phi) is 6.29. The number of phenolic OH excluding ortho intramolecular Hbond substituents is 1. The van der Waals surface area contributed by atoms with E-state index in [0.29, 0.717) is 29.7 Å². The maximum atomic E-state index is 16.8. The molecule has 5 fully saturated rings. The zero-order chi connectivity index (χ0) is 33.2. The Balaban J connectivity index is 1.16. The number of hydrogen-bond acceptors (Lipinski definition) is 8. The number of hydrogen-bond donors (Lipinski definition) is 2. The van der Waals surface area contributed by atoms with Gasteiger partial charge in [-0.1, -0.05) is 12.0 Å². The van der Waals surface area contributed by atoms with Crippen LogP contribution in [0.4, 0.5) is 27.8 Å². The predicted molar refractivity (Wildman–Crippen MR) is 168 cm³/mol. The zero-order valence-electron chi connectivity index (χ0n) is 25.7. The lowest BCUT2D eigenvalue weighted by Gasteiger charge is -2.34. The molecule has 2 aromatic heterocycles. The Labute approximate surface area is 272 Å². The SMILES string of the molecule is C#Cc1c(F)ccc2cc(O)cc(-c3ncc4c(N5C[C@H]6CC[C@@H](C5)N6)nc(OC[C@@]56C[C@H](F)CN5C[C@@]5(CC5(F)F)C6)nc4c3F)c12. The van der Waals surface area contributed by atoms with Crippen molar-refractivity contribution in [3.63, 3.8) is 0 Å². The fourth-order valence-corrected chi connectivity index (χ4v) is 8.89. The first kappa shape index (κ1) is 29.8. The summed E-state index contributed by atoms with van der Waals surface area (Å²) in [5.74, 6) is -1.79. The van der Waals surface area contributed by atoms with Crippen molar-refractivity contribution in [2.45, 2.75) is 61.8 Å². The van der Waals surface area contributed by atoms with Crippen LogP contribution >= 0.6 is 0 Å². The number of piperazine rings is 1.